The molecule has 0 bridgehead atoms. The van der Waals surface area contributed by atoms with E-state index in [0.29, 0.717) is 5.16 Å². The molecular formula is C23H25N5OS. The van der Waals surface area contributed by atoms with Crippen molar-refractivity contribution in [2.75, 3.05) is 11.9 Å². The topological polar surface area (TPSA) is 63.9 Å². The van der Waals surface area contributed by atoms with Gasteiger partial charge in [-0.2, -0.15) is 0 Å². The number of rotatable bonds is 5. The molecule has 0 fully saturated rings. The summed E-state index contributed by atoms with van der Waals surface area (Å²) in [6.45, 7) is 6.24. The summed E-state index contributed by atoms with van der Waals surface area (Å²) in [5.74, 6) is 0.796. The number of pyridine rings is 1. The monoisotopic (exact) mass is 419 g/mol. The molecule has 0 saturated carbocycles. The van der Waals surface area contributed by atoms with Gasteiger partial charge in [-0.15, -0.1) is 10.2 Å². The maximum atomic E-state index is 13.1. The van der Waals surface area contributed by atoms with Crippen LogP contribution in [0.3, 0.4) is 0 Å². The normalized spacial score (nSPS) is 17.2. The summed E-state index contributed by atoms with van der Waals surface area (Å²) in [5.41, 5.74) is 4.07. The number of ketones is 1. The summed E-state index contributed by atoms with van der Waals surface area (Å²) in [6, 6.07) is 12.1. The van der Waals surface area contributed by atoms with Crippen LogP contribution in [0.5, 0.6) is 0 Å². The second kappa shape index (κ2) is 7.72. The quantitative estimate of drug-likeness (QED) is 0.455. The van der Waals surface area contributed by atoms with E-state index < -0.39 is 0 Å². The summed E-state index contributed by atoms with van der Waals surface area (Å²) >= 11 is 1.42. The third-order valence-electron chi connectivity index (χ3n) is 5.66. The average molecular weight is 420 g/mol. The van der Waals surface area contributed by atoms with Crippen LogP contribution in [0.4, 0.5) is 5.69 Å². The molecule has 4 rings (SSSR count). The highest BCUT2D eigenvalue weighted by molar-refractivity contribution is 8.00. The number of thioether (sulfide) groups is 1. The van der Waals surface area contributed by atoms with Crippen LogP contribution < -0.4 is 4.90 Å². The van der Waals surface area contributed by atoms with Crippen molar-refractivity contribution in [3.63, 3.8) is 0 Å². The molecule has 0 N–H and O–H groups in total. The Balaban J connectivity index is 1.55. The lowest BCUT2D eigenvalue weighted by Gasteiger charge is -2.24. The van der Waals surface area contributed by atoms with E-state index in [9.17, 15) is 4.79 Å². The number of hydrogen-bond donors (Lipinski definition) is 0. The van der Waals surface area contributed by atoms with E-state index in [1.165, 1.54) is 17.3 Å². The van der Waals surface area contributed by atoms with E-state index in [-0.39, 0.29) is 16.4 Å². The fourth-order valence-corrected chi connectivity index (χ4v) is 4.72. The fourth-order valence-electron chi connectivity index (χ4n) is 3.89. The molecular weight excluding hydrogens is 394 g/mol. The molecule has 0 spiro atoms. The van der Waals surface area contributed by atoms with Gasteiger partial charge in [-0.3, -0.25) is 9.78 Å². The van der Waals surface area contributed by atoms with E-state index >= 15 is 0 Å². The minimum absolute atomic E-state index is 0.0636. The zero-order chi connectivity index (χ0) is 21.5. The molecule has 0 saturated heterocycles. The van der Waals surface area contributed by atoms with Crippen LogP contribution in [0.15, 0.2) is 65.7 Å². The maximum Gasteiger partial charge on any atom is 0.191 e. The predicted molar refractivity (Wildman–Crippen MR) is 121 cm³/mol. The number of hydrogen-bond acceptors (Lipinski definition) is 6. The van der Waals surface area contributed by atoms with Gasteiger partial charge in [0, 0.05) is 54.9 Å². The van der Waals surface area contributed by atoms with Crippen molar-refractivity contribution >= 4 is 23.2 Å². The maximum absolute atomic E-state index is 13.1. The number of aromatic nitrogens is 4. The molecule has 7 heteroatoms. The second-order valence-electron chi connectivity index (χ2n) is 8.00. The predicted octanol–water partition coefficient (Wildman–Crippen LogP) is 4.24. The molecule has 154 valence electrons. The molecule has 1 aromatic carbocycles. The molecule has 0 radical (unpaired) electrons. The lowest BCUT2D eigenvalue weighted by molar-refractivity contribution is -0.114. The number of likely N-dealkylation sites (N-methyl/N-ethyl adjacent to an activating group) is 1. The number of carbonyl (C=O) groups excluding carboxylic acids is 1. The zero-order valence-corrected chi connectivity index (χ0v) is 18.6. The molecule has 6 nitrogen and oxygen atoms in total. The number of benzene rings is 1. The average Bonchev–Trinajstić information content (AvgIpc) is 3.19. The van der Waals surface area contributed by atoms with E-state index in [1.54, 1.807) is 18.5 Å². The number of anilines is 1. The first-order valence-corrected chi connectivity index (χ1v) is 10.7. The Morgan fingerprint density at radius 2 is 1.90 bits per heavy atom. The van der Waals surface area contributed by atoms with E-state index in [1.807, 2.05) is 49.9 Å². The van der Waals surface area contributed by atoms with Gasteiger partial charge in [-0.1, -0.05) is 43.8 Å². The summed E-state index contributed by atoms with van der Waals surface area (Å²) in [6.07, 6.45) is 5.27. The largest absolute Gasteiger partial charge is 0.347 e. The first-order valence-electron chi connectivity index (χ1n) is 9.86. The third kappa shape index (κ3) is 3.43. The lowest BCUT2D eigenvalue weighted by Crippen LogP contribution is -2.25. The summed E-state index contributed by atoms with van der Waals surface area (Å²) < 4.78 is 1.90. The lowest BCUT2D eigenvalue weighted by atomic mass is 9.83. The van der Waals surface area contributed by atoms with E-state index in [4.69, 9.17) is 0 Å². The van der Waals surface area contributed by atoms with Gasteiger partial charge >= 0.3 is 0 Å². The van der Waals surface area contributed by atoms with Crippen LogP contribution >= 0.6 is 11.8 Å². The summed E-state index contributed by atoms with van der Waals surface area (Å²) in [4.78, 5) is 19.3. The highest BCUT2D eigenvalue weighted by Gasteiger charge is 2.38. The minimum atomic E-state index is -0.282. The number of para-hydroxylation sites is 1. The number of carbonyl (C=O) groups is 1. The number of nitrogens with zero attached hydrogens (tertiary/aromatic N) is 5. The molecule has 1 aliphatic heterocycles. The Bertz CT molecular complexity index is 1120. The van der Waals surface area contributed by atoms with Crippen molar-refractivity contribution in [2.24, 2.45) is 7.05 Å². The Labute approximate surface area is 181 Å². The van der Waals surface area contributed by atoms with Crippen LogP contribution in [0.1, 0.15) is 26.3 Å². The fraction of sp³-hybridized carbons (Fsp3) is 0.304. The Morgan fingerprint density at radius 1 is 1.13 bits per heavy atom. The first-order chi connectivity index (χ1) is 14.3. The zero-order valence-electron chi connectivity index (χ0n) is 17.8. The van der Waals surface area contributed by atoms with E-state index in [2.05, 4.69) is 46.1 Å². The smallest absolute Gasteiger partial charge is 0.191 e. The Hall–Kier alpha value is -2.93. The minimum Gasteiger partial charge on any atom is -0.347 e. The summed E-state index contributed by atoms with van der Waals surface area (Å²) in [7, 11) is 3.93. The van der Waals surface area contributed by atoms with Crippen molar-refractivity contribution in [1.82, 2.24) is 19.7 Å². The van der Waals surface area contributed by atoms with Crippen molar-refractivity contribution in [1.29, 1.82) is 0 Å². The molecule has 1 atom stereocenters. The molecule has 2 aromatic heterocycles. The van der Waals surface area contributed by atoms with Gasteiger partial charge in [-0.05, 0) is 30.7 Å². The third-order valence-corrected chi connectivity index (χ3v) is 6.81. The molecule has 1 unspecified atom stereocenters. The van der Waals surface area contributed by atoms with E-state index in [0.717, 1.165) is 22.8 Å². The molecule has 0 aliphatic carbocycles. The summed E-state index contributed by atoms with van der Waals surface area (Å²) in [5, 5.41) is 8.99. The van der Waals surface area contributed by atoms with Crippen LogP contribution in [0.25, 0.3) is 11.4 Å². The van der Waals surface area contributed by atoms with Gasteiger partial charge in [0.25, 0.3) is 0 Å². The second-order valence-corrected chi connectivity index (χ2v) is 9.31. The molecule has 3 aromatic rings. The highest BCUT2D eigenvalue weighted by atomic mass is 32.2. The molecule has 30 heavy (non-hydrogen) atoms. The van der Waals surface area contributed by atoms with Gasteiger partial charge in [-0.25, -0.2) is 0 Å². The number of allylic oxidation sites excluding steroid dienone is 2. The van der Waals surface area contributed by atoms with Crippen LogP contribution in [-0.4, -0.2) is 37.8 Å². The van der Waals surface area contributed by atoms with Crippen LogP contribution in [0, 0.1) is 0 Å². The molecule has 1 aliphatic rings. The van der Waals surface area contributed by atoms with Crippen molar-refractivity contribution in [3.05, 3.63) is 66.1 Å². The Morgan fingerprint density at radius 3 is 2.60 bits per heavy atom. The van der Waals surface area contributed by atoms with Gasteiger partial charge in [0.2, 0.25) is 0 Å². The van der Waals surface area contributed by atoms with Crippen LogP contribution in [0.2, 0.25) is 0 Å². The highest BCUT2D eigenvalue weighted by Crippen LogP contribution is 2.46. The van der Waals surface area contributed by atoms with Gasteiger partial charge in [0.05, 0.1) is 5.25 Å². The number of fused-ring (bicyclic) bond motifs is 1. The SMILES string of the molecule is CC(Sc1nnc(-c2cccnc2)n1C)C(=O)/C=C1/N(C)c2ccccc2C1(C)C. The standard InChI is InChI=1S/C23H25N5OS/c1-15(30-22-26-25-21(28(22)5)16-9-8-12-24-14-16)19(29)13-20-23(2,3)17-10-6-7-11-18(17)27(20)4/h6-15H,1-5H3/b20-13+. The van der Waals surface area contributed by atoms with Crippen molar-refractivity contribution < 1.29 is 4.79 Å². The van der Waals surface area contributed by atoms with Crippen molar-refractivity contribution in [3.8, 4) is 11.4 Å². The molecule has 0 amide bonds. The Kier molecular flexibility index (Phi) is 5.24. The van der Waals surface area contributed by atoms with Gasteiger partial charge < -0.3 is 9.47 Å². The molecule has 3 heterocycles. The van der Waals surface area contributed by atoms with Crippen LogP contribution in [-0.2, 0) is 17.3 Å². The van der Waals surface area contributed by atoms with Gasteiger partial charge in [0.15, 0.2) is 16.8 Å². The van der Waals surface area contributed by atoms with Gasteiger partial charge in [0.1, 0.15) is 0 Å². The first kappa shape index (κ1) is 20.3. The van der Waals surface area contributed by atoms with Crippen molar-refractivity contribution in [2.45, 2.75) is 36.6 Å².